The van der Waals surface area contributed by atoms with Gasteiger partial charge in [0, 0.05) is 9.50 Å². The molecule has 0 bridgehead atoms. The van der Waals surface area contributed by atoms with Gasteiger partial charge in [-0.05, 0) is 60.2 Å². The maximum Gasteiger partial charge on any atom is 0.264 e. The van der Waals surface area contributed by atoms with Crippen LogP contribution in [-0.4, -0.2) is 11.1 Å². The maximum absolute atomic E-state index is 12.1. The normalized spacial score (nSPS) is 17.8. The van der Waals surface area contributed by atoms with E-state index in [-0.39, 0.29) is 5.91 Å². The van der Waals surface area contributed by atoms with Crippen molar-refractivity contribution < 1.29 is 4.79 Å². The zero-order valence-electron chi connectivity index (χ0n) is 12.1. The first kappa shape index (κ1) is 16.3. The predicted molar refractivity (Wildman–Crippen MR) is 101 cm³/mol. The summed E-state index contributed by atoms with van der Waals surface area (Å²) in [7, 11) is 0. The fourth-order valence-electron chi connectivity index (χ4n) is 2.02. The monoisotopic (exact) mass is 406 g/mol. The largest absolute Gasteiger partial charge is 0.300 e. The van der Waals surface area contributed by atoms with Crippen LogP contribution in [-0.2, 0) is 4.79 Å². The summed E-state index contributed by atoms with van der Waals surface area (Å²) < 4.78 is 1.00. The Balaban J connectivity index is 1.86. The number of carbonyl (C=O) groups excluding carboxylic acids is 1. The maximum atomic E-state index is 12.1. The van der Waals surface area contributed by atoms with E-state index in [2.05, 4.69) is 26.2 Å². The van der Waals surface area contributed by atoms with Crippen molar-refractivity contribution in [3.63, 3.8) is 0 Å². The summed E-state index contributed by atoms with van der Waals surface area (Å²) in [5.74, 6) is -0.142. The molecule has 1 aliphatic rings. The number of hydrogen-bond acceptors (Lipinski definition) is 3. The van der Waals surface area contributed by atoms with Gasteiger partial charge in [0.25, 0.3) is 5.91 Å². The Hall–Kier alpha value is -1.56. The molecule has 116 valence electrons. The van der Waals surface area contributed by atoms with E-state index < -0.39 is 0 Å². The van der Waals surface area contributed by atoms with Gasteiger partial charge in [0.15, 0.2) is 5.17 Å². The average Bonchev–Trinajstić information content (AvgIpc) is 2.86. The molecule has 1 saturated heterocycles. The zero-order chi connectivity index (χ0) is 16.4. The van der Waals surface area contributed by atoms with Crippen LogP contribution in [0.4, 0.5) is 5.69 Å². The number of aliphatic imine (C=N–C) groups is 1. The molecular formula is C17H12BrClN2OS. The van der Waals surface area contributed by atoms with Crippen LogP contribution in [0.5, 0.6) is 0 Å². The van der Waals surface area contributed by atoms with Crippen LogP contribution in [0.15, 0.2) is 56.8 Å². The standard InChI is InChI=1S/C17H12BrClN2OS/c1-10-13(19)3-2-4-14(10)20-17-21-16(22)15(23-17)9-11-5-7-12(18)8-6-11/h2-9H,1H3,(H,20,21,22)/b15-9+. The van der Waals surface area contributed by atoms with Crippen LogP contribution >= 0.6 is 39.3 Å². The van der Waals surface area contributed by atoms with Crippen molar-refractivity contribution in [1.29, 1.82) is 0 Å². The number of rotatable bonds is 2. The summed E-state index contributed by atoms with van der Waals surface area (Å²) in [4.78, 5) is 17.2. The van der Waals surface area contributed by atoms with Gasteiger partial charge in [0.1, 0.15) is 0 Å². The molecule has 23 heavy (non-hydrogen) atoms. The van der Waals surface area contributed by atoms with E-state index in [1.807, 2.05) is 55.5 Å². The predicted octanol–water partition coefficient (Wildman–Crippen LogP) is 5.30. The lowest BCUT2D eigenvalue weighted by molar-refractivity contribution is -0.115. The lowest BCUT2D eigenvalue weighted by Crippen LogP contribution is -2.19. The van der Waals surface area contributed by atoms with E-state index in [0.29, 0.717) is 15.1 Å². The van der Waals surface area contributed by atoms with E-state index in [1.54, 1.807) is 0 Å². The minimum absolute atomic E-state index is 0.142. The molecule has 0 saturated carbocycles. The van der Waals surface area contributed by atoms with Gasteiger partial charge in [-0.15, -0.1) is 0 Å². The minimum atomic E-state index is -0.142. The molecular weight excluding hydrogens is 396 g/mol. The van der Waals surface area contributed by atoms with Crippen molar-refractivity contribution in [2.75, 3.05) is 0 Å². The van der Waals surface area contributed by atoms with Crippen LogP contribution < -0.4 is 5.32 Å². The fourth-order valence-corrected chi connectivity index (χ4v) is 3.29. The Morgan fingerprint density at radius 1 is 1.22 bits per heavy atom. The number of nitrogens with one attached hydrogen (secondary N) is 1. The highest BCUT2D eigenvalue weighted by Crippen LogP contribution is 2.31. The second kappa shape index (κ2) is 6.91. The van der Waals surface area contributed by atoms with Crippen LogP contribution in [0.2, 0.25) is 5.02 Å². The Morgan fingerprint density at radius 2 is 1.96 bits per heavy atom. The number of amidine groups is 1. The lowest BCUT2D eigenvalue weighted by Gasteiger charge is -2.02. The second-order valence-electron chi connectivity index (χ2n) is 4.92. The molecule has 1 heterocycles. The Morgan fingerprint density at radius 3 is 2.70 bits per heavy atom. The third-order valence-corrected chi connectivity index (χ3v) is 5.13. The third kappa shape index (κ3) is 3.86. The van der Waals surface area contributed by atoms with Crippen LogP contribution in [0.25, 0.3) is 6.08 Å². The van der Waals surface area contributed by atoms with Gasteiger partial charge in [0.05, 0.1) is 10.6 Å². The Bertz CT molecular complexity index is 831. The van der Waals surface area contributed by atoms with Gasteiger partial charge in [0.2, 0.25) is 0 Å². The molecule has 1 aliphatic heterocycles. The van der Waals surface area contributed by atoms with Crippen molar-refractivity contribution in [3.8, 4) is 0 Å². The van der Waals surface area contributed by atoms with E-state index >= 15 is 0 Å². The highest BCUT2D eigenvalue weighted by molar-refractivity contribution is 9.10. The van der Waals surface area contributed by atoms with Crippen LogP contribution in [0.3, 0.4) is 0 Å². The number of amides is 1. The zero-order valence-corrected chi connectivity index (χ0v) is 15.3. The summed E-state index contributed by atoms with van der Waals surface area (Å²) >= 11 is 10.8. The molecule has 0 aromatic heterocycles. The first-order valence-electron chi connectivity index (χ1n) is 6.83. The molecule has 0 unspecified atom stereocenters. The van der Waals surface area contributed by atoms with E-state index in [9.17, 15) is 4.79 Å². The molecule has 2 aromatic rings. The second-order valence-corrected chi connectivity index (χ2v) is 7.27. The summed E-state index contributed by atoms with van der Waals surface area (Å²) in [5.41, 5.74) is 2.61. The smallest absolute Gasteiger partial charge is 0.264 e. The van der Waals surface area contributed by atoms with E-state index in [1.165, 1.54) is 11.8 Å². The minimum Gasteiger partial charge on any atom is -0.300 e. The van der Waals surface area contributed by atoms with Gasteiger partial charge in [-0.1, -0.05) is 45.7 Å². The van der Waals surface area contributed by atoms with Gasteiger partial charge in [-0.3, -0.25) is 4.79 Å². The molecule has 1 amide bonds. The molecule has 3 rings (SSSR count). The number of benzene rings is 2. The first-order chi connectivity index (χ1) is 11.0. The molecule has 2 aromatic carbocycles. The molecule has 3 nitrogen and oxygen atoms in total. The molecule has 0 aliphatic carbocycles. The molecule has 0 atom stereocenters. The van der Waals surface area contributed by atoms with Gasteiger partial charge in [-0.25, -0.2) is 4.99 Å². The SMILES string of the molecule is Cc1c(Cl)cccc1N=C1NC(=O)/C(=C\c2ccc(Br)cc2)S1. The van der Waals surface area contributed by atoms with Crippen LogP contribution in [0, 0.1) is 6.92 Å². The summed E-state index contributed by atoms with van der Waals surface area (Å²) in [5, 5.41) is 4.00. The van der Waals surface area contributed by atoms with Crippen molar-refractivity contribution in [1.82, 2.24) is 5.32 Å². The van der Waals surface area contributed by atoms with Crippen molar-refractivity contribution >= 4 is 62.1 Å². The first-order valence-corrected chi connectivity index (χ1v) is 8.82. The van der Waals surface area contributed by atoms with Crippen molar-refractivity contribution in [3.05, 3.63) is 68.0 Å². The third-order valence-electron chi connectivity index (χ3n) is 3.28. The van der Waals surface area contributed by atoms with Gasteiger partial charge in [-0.2, -0.15) is 0 Å². The van der Waals surface area contributed by atoms with Crippen molar-refractivity contribution in [2.45, 2.75) is 6.92 Å². The van der Waals surface area contributed by atoms with Crippen LogP contribution in [0.1, 0.15) is 11.1 Å². The Kier molecular flexibility index (Phi) is 4.90. The molecule has 0 radical (unpaired) electrons. The quantitative estimate of drug-likeness (QED) is 0.686. The fraction of sp³-hybridized carbons (Fsp3) is 0.0588. The number of carbonyl (C=O) groups is 1. The topological polar surface area (TPSA) is 41.5 Å². The number of nitrogens with zero attached hydrogens (tertiary/aromatic N) is 1. The van der Waals surface area contributed by atoms with E-state index in [0.717, 1.165) is 21.3 Å². The number of thioether (sulfide) groups is 1. The van der Waals surface area contributed by atoms with Gasteiger partial charge < -0.3 is 5.32 Å². The van der Waals surface area contributed by atoms with Crippen molar-refractivity contribution in [2.24, 2.45) is 4.99 Å². The number of halogens is 2. The van der Waals surface area contributed by atoms with Gasteiger partial charge >= 0.3 is 0 Å². The molecule has 1 fully saturated rings. The summed E-state index contributed by atoms with van der Waals surface area (Å²) in [6.45, 7) is 1.90. The summed E-state index contributed by atoms with van der Waals surface area (Å²) in [6.07, 6.45) is 1.85. The average molecular weight is 408 g/mol. The summed E-state index contributed by atoms with van der Waals surface area (Å²) in [6, 6.07) is 13.3. The molecule has 6 heteroatoms. The molecule has 1 N–H and O–H groups in total. The molecule has 0 spiro atoms. The Labute approximate surface area is 152 Å². The lowest BCUT2D eigenvalue weighted by atomic mass is 10.2. The van der Waals surface area contributed by atoms with E-state index in [4.69, 9.17) is 11.6 Å². The highest BCUT2D eigenvalue weighted by atomic mass is 79.9. The highest BCUT2D eigenvalue weighted by Gasteiger charge is 2.24. The number of hydrogen-bond donors (Lipinski definition) is 1.